The number of Topliss-reactive ketones (excluding diaryl/α,β-unsaturated/α-hetero) is 1. The highest BCUT2D eigenvalue weighted by molar-refractivity contribution is 5.98. The monoisotopic (exact) mass is 602 g/mol. The van der Waals surface area contributed by atoms with Gasteiger partial charge in [0, 0.05) is 48.0 Å². The van der Waals surface area contributed by atoms with E-state index in [1.807, 2.05) is 6.92 Å². The topological polar surface area (TPSA) is 176 Å². The molecule has 2 N–H and O–H groups in total. The number of hydrogen-bond acceptors (Lipinski definition) is 12. The molecule has 1 aromatic rings. The molecule has 4 aliphatic rings. The summed E-state index contributed by atoms with van der Waals surface area (Å²) in [5, 5.41) is 23.7. The van der Waals surface area contributed by atoms with E-state index in [1.54, 1.807) is 26.8 Å². The number of methoxy groups -OCH3 is 1. The Morgan fingerprint density at radius 3 is 2.33 bits per heavy atom. The number of rotatable bonds is 5. The number of aliphatic hydroxyl groups is 2. The fourth-order valence-corrected chi connectivity index (χ4v) is 9.02. The Hall–Kier alpha value is -3.51. The van der Waals surface area contributed by atoms with Crippen LogP contribution in [0.4, 0.5) is 0 Å². The Morgan fingerprint density at radius 2 is 1.77 bits per heavy atom. The molecule has 0 spiro atoms. The van der Waals surface area contributed by atoms with E-state index in [0.717, 1.165) is 21.0 Å². The van der Waals surface area contributed by atoms with Crippen molar-refractivity contribution in [1.82, 2.24) is 0 Å². The number of esters is 4. The van der Waals surface area contributed by atoms with Gasteiger partial charge in [0.15, 0.2) is 17.5 Å². The molecule has 234 valence electrons. The van der Waals surface area contributed by atoms with E-state index in [4.69, 9.17) is 23.4 Å². The second-order valence-corrected chi connectivity index (χ2v) is 13.3. The maximum absolute atomic E-state index is 14.6. The van der Waals surface area contributed by atoms with Crippen LogP contribution < -0.4 is 0 Å². The van der Waals surface area contributed by atoms with Crippen LogP contribution in [0, 0.1) is 28.1 Å². The average Bonchev–Trinajstić information content (AvgIpc) is 3.45. The second-order valence-electron chi connectivity index (χ2n) is 13.3. The van der Waals surface area contributed by atoms with Gasteiger partial charge in [-0.2, -0.15) is 0 Å². The number of cyclic esters (lactones) is 1. The molecule has 0 aromatic carbocycles. The van der Waals surface area contributed by atoms with Crippen LogP contribution in [0.3, 0.4) is 0 Å². The summed E-state index contributed by atoms with van der Waals surface area (Å²) in [6.45, 7) is 9.00. The normalized spacial score (nSPS) is 38.7. The van der Waals surface area contributed by atoms with Gasteiger partial charge in [-0.05, 0) is 30.4 Å². The van der Waals surface area contributed by atoms with Gasteiger partial charge in [-0.3, -0.25) is 14.4 Å². The van der Waals surface area contributed by atoms with Gasteiger partial charge in [0.2, 0.25) is 6.10 Å². The molecule has 2 saturated carbocycles. The SMILES string of the molecule is COC(=O)[C@@H](OC(C)=O)[C@H]1C(C)(C)[C@H](OC(C)=O)[C@]2(O)CC3=C4[C@@H](O)C(=O)O[C@@H](c5ccoc5)[C@]4(C)CC[C@@H]3[C@@]1(C)C2=O. The molecule has 1 saturated heterocycles. The summed E-state index contributed by atoms with van der Waals surface area (Å²) in [6.07, 6.45) is -2.36. The zero-order valence-electron chi connectivity index (χ0n) is 25.3. The minimum absolute atomic E-state index is 0.311. The summed E-state index contributed by atoms with van der Waals surface area (Å²) >= 11 is 0. The molecular weight excluding hydrogens is 564 g/mol. The number of ketones is 1. The van der Waals surface area contributed by atoms with Crippen molar-refractivity contribution in [3.63, 3.8) is 0 Å². The van der Waals surface area contributed by atoms with Gasteiger partial charge >= 0.3 is 23.9 Å². The lowest BCUT2D eigenvalue weighted by Crippen LogP contribution is -2.77. The molecular formula is C31H38O12. The Labute approximate surface area is 248 Å². The van der Waals surface area contributed by atoms with Crippen LogP contribution in [0.25, 0.3) is 0 Å². The molecule has 43 heavy (non-hydrogen) atoms. The molecule has 3 aliphatic carbocycles. The van der Waals surface area contributed by atoms with Gasteiger partial charge in [0.05, 0.1) is 19.6 Å². The molecule has 5 rings (SSSR count). The zero-order valence-corrected chi connectivity index (χ0v) is 25.3. The molecule has 12 nitrogen and oxygen atoms in total. The fourth-order valence-electron chi connectivity index (χ4n) is 9.02. The van der Waals surface area contributed by atoms with Gasteiger partial charge in [0.1, 0.15) is 12.2 Å². The minimum atomic E-state index is -2.30. The summed E-state index contributed by atoms with van der Waals surface area (Å²) in [4.78, 5) is 65.7. The van der Waals surface area contributed by atoms with E-state index in [2.05, 4.69) is 0 Å². The first-order valence-corrected chi connectivity index (χ1v) is 14.3. The molecule has 2 bridgehead atoms. The summed E-state index contributed by atoms with van der Waals surface area (Å²) in [5.74, 6) is -5.93. The van der Waals surface area contributed by atoms with Crippen molar-refractivity contribution in [2.45, 2.75) is 90.8 Å². The predicted octanol–water partition coefficient (Wildman–Crippen LogP) is 2.35. The first-order valence-electron chi connectivity index (χ1n) is 14.3. The van der Waals surface area contributed by atoms with E-state index in [0.29, 0.717) is 29.6 Å². The van der Waals surface area contributed by atoms with Crippen LogP contribution >= 0.6 is 0 Å². The zero-order chi connectivity index (χ0) is 31.9. The molecule has 0 amide bonds. The van der Waals surface area contributed by atoms with Crippen molar-refractivity contribution in [3.05, 3.63) is 35.3 Å². The summed E-state index contributed by atoms with van der Waals surface area (Å²) < 4.78 is 27.2. The third-order valence-electron chi connectivity index (χ3n) is 10.4. The Balaban J connectivity index is 1.81. The van der Waals surface area contributed by atoms with Gasteiger partial charge < -0.3 is 33.6 Å². The summed E-state index contributed by atoms with van der Waals surface area (Å²) in [7, 11) is 1.12. The highest BCUT2D eigenvalue weighted by atomic mass is 16.6. The molecule has 12 heteroatoms. The maximum atomic E-state index is 14.6. The molecule has 0 radical (unpaired) electrons. The molecule has 1 aromatic heterocycles. The van der Waals surface area contributed by atoms with E-state index in [1.165, 1.54) is 12.5 Å². The standard InChI is InChI=1S/C31H38O12/c1-14(32)41-21(25(36)39-7)22-28(3,4)27(42-15(2)33)31(38)12-17-18(30(22,6)26(31)37)8-10-29(5)19(17)20(34)24(35)43-23(29)16-9-11-40-13-16/h9,11,13,18,20-23,27,34,38H,8,10,12H2,1-7H3/t18-,20+,21-,22-,23-,27-,29+,30+,31-/m0/s1. The maximum Gasteiger partial charge on any atom is 0.347 e. The van der Waals surface area contributed by atoms with Gasteiger partial charge in [0.25, 0.3) is 0 Å². The third-order valence-corrected chi connectivity index (χ3v) is 10.4. The molecule has 1 aliphatic heterocycles. The van der Waals surface area contributed by atoms with Gasteiger partial charge in [-0.15, -0.1) is 0 Å². The smallest absolute Gasteiger partial charge is 0.347 e. The average molecular weight is 603 g/mol. The van der Waals surface area contributed by atoms with Crippen molar-refractivity contribution in [2.75, 3.05) is 7.11 Å². The van der Waals surface area contributed by atoms with Crippen LogP contribution in [0.15, 0.2) is 34.2 Å². The number of carbonyl (C=O) groups excluding carboxylic acids is 5. The molecule has 2 heterocycles. The molecule has 9 atom stereocenters. The first kappa shape index (κ1) is 30.9. The summed E-state index contributed by atoms with van der Waals surface area (Å²) in [6, 6.07) is 1.67. The van der Waals surface area contributed by atoms with E-state index < -0.39 is 87.8 Å². The van der Waals surface area contributed by atoms with E-state index >= 15 is 0 Å². The van der Waals surface area contributed by atoms with Crippen LogP contribution in [-0.4, -0.2) is 70.9 Å². The lowest BCUT2D eigenvalue weighted by molar-refractivity contribution is -0.248. The van der Waals surface area contributed by atoms with Gasteiger partial charge in [-0.25, -0.2) is 9.59 Å². The highest BCUT2D eigenvalue weighted by Crippen LogP contribution is 2.69. The van der Waals surface area contributed by atoms with E-state index in [-0.39, 0.29) is 6.42 Å². The van der Waals surface area contributed by atoms with Crippen LogP contribution in [0.5, 0.6) is 0 Å². The van der Waals surface area contributed by atoms with Crippen LogP contribution in [0.2, 0.25) is 0 Å². The second kappa shape index (κ2) is 10.0. The molecule has 0 unspecified atom stereocenters. The van der Waals surface area contributed by atoms with Crippen molar-refractivity contribution < 1.29 is 57.6 Å². The van der Waals surface area contributed by atoms with Crippen molar-refractivity contribution in [2.24, 2.45) is 28.1 Å². The Bertz CT molecular complexity index is 1410. The van der Waals surface area contributed by atoms with Crippen LogP contribution in [0.1, 0.15) is 72.5 Å². The minimum Gasteiger partial charge on any atom is -0.472 e. The first-order chi connectivity index (χ1) is 20.0. The number of furan rings is 1. The van der Waals surface area contributed by atoms with Crippen LogP contribution in [-0.2, 0) is 42.9 Å². The molecule has 3 fully saturated rings. The Morgan fingerprint density at radius 1 is 1.09 bits per heavy atom. The quantitative estimate of drug-likeness (QED) is 0.286. The lowest BCUT2D eigenvalue weighted by atomic mass is 9.39. The van der Waals surface area contributed by atoms with Gasteiger partial charge in [-0.1, -0.05) is 33.3 Å². The van der Waals surface area contributed by atoms with Crippen molar-refractivity contribution in [3.8, 4) is 0 Å². The largest absolute Gasteiger partial charge is 0.472 e. The summed E-state index contributed by atoms with van der Waals surface area (Å²) in [5.41, 5.74) is -4.85. The number of hydrogen-bond donors (Lipinski definition) is 2. The number of ether oxygens (including phenoxy) is 4. The van der Waals surface area contributed by atoms with Crippen molar-refractivity contribution >= 4 is 29.7 Å². The third kappa shape index (κ3) is 4.20. The fraction of sp³-hybridized carbons (Fsp3) is 0.645. The van der Waals surface area contributed by atoms with E-state index in [9.17, 15) is 34.2 Å². The number of carbonyl (C=O) groups is 5. The predicted molar refractivity (Wildman–Crippen MR) is 144 cm³/mol. The highest BCUT2D eigenvalue weighted by Gasteiger charge is 2.76. The number of aliphatic hydroxyl groups excluding tert-OH is 1. The number of fused-ring (bicyclic) bond motifs is 5. The van der Waals surface area contributed by atoms with Crippen molar-refractivity contribution in [1.29, 1.82) is 0 Å². The lowest BCUT2D eigenvalue weighted by Gasteiger charge is -2.66. The Kier molecular flexibility index (Phi) is 7.21.